The number of nitro groups is 1. The minimum atomic E-state index is -0.897. The molecule has 34 heavy (non-hydrogen) atoms. The van der Waals surface area contributed by atoms with Gasteiger partial charge in [-0.15, -0.1) is 0 Å². The zero-order chi connectivity index (χ0) is 24.0. The normalized spacial score (nSPS) is 24.7. The number of amides is 2. The molecule has 4 atom stereocenters. The molecule has 5 rings (SSSR count). The average Bonchev–Trinajstić information content (AvgIpc) is 3.32. The van der Waals surface area contributed by atoms with Crippen LogP contribution < -0.4 is 4.90 Å². The molecule has 2 fully saturated rings. The number of methoxy groups -OCH3 is 1. The molecule has 9 heteroatoms. The third-order valence-corrected chi connectivity index (χ3v) is 6.87. The Bertz CT molecular complexity index is 1210. The van der Waals surface area contributed by atoms with E-state index >= 15 is 0 Å². The number of nitro benzene ring substituents is 1. The lowest BCUT2D eigenvalue weighted by Gasteiger charge is -2.36. The van der Waals surface area contributed by atoms with Crippen molar-refractivity contribution in [2.45, 2.75) is 18.5 Å². The number of carbonyl (C=O) groups is 3. The Morgan fingerprint density at radius 2 is 1.76 bits per heavy atom. The van der Waals surface area contributed by atoms with E-state index in [2.05, 4.69) is 0 Å². The number of benzene rings is 2. The van der Waals surface area contributed by atoms with Gasteiger partial charge < -0.3 is 9.64 Å². The zero-order valence-corrected chi connectivity index (χ0v) is 18.5. The van der Waals surface area contributed by atoms with E-state index in [1.807, 2.05) is 41.3 Å². The maximum Gasteiger partial charge on any atom is 0.269 e. The third-order valence-electron chi connectivity index (χ3n) is 6.87. The fraction of sp³-hybridized carbons (Fsp3) is 0.320. The summed E-state index contributed by atoms with van der Waals surface area (Å²) in [7, 11) is 1.56. The molecule has 2 saturated heterocycles. The number of non-ortho nitro benzene ring substituents is 1. The van der Waals surface area contributed by atoms with Gasteiger partial charge in [-0.25, -0.2) is 0 Å². The van der Waals surface area contributed by atoms with Crippen molar-refractivity contribution >= 4 is 35.0 Å². The van der Waals surface area contributed by atoms with Crippen molar-refractivity contribution in [2.75, 3.05) is 25.2 Å². The second-order valence-corrected chi connectivity index (χ2v) is 8.65. The molecule has 3 aliphatic rings. The number of nitrogens with zero attached hydrogens (tertiary/aromatic N) is 3. The second-order valence-electron chi connectivity index (χ2n) is 8.65. The highest BCUT2D eigenvalue weighted by Gasteiger charge is 2.63. The molecule has 9 nitrogen and oxygen atoms in total. The van der Waals surface area contributed by atoms with Crippen molar-refractivity contribution in [1.82, 2.24) is 4.90 Å². The molecule has 0 unspecified atom stereocenters. The van der Waals surface area contributed by atoms with Crippen molar-refractivity contribution in [3.63, 3.8) is 0 Å². The first kappa shape index (κ1) is 22.0. The Balaban J connectivity index is 1.57. The first-order valence-electron chi connectivity index (χ1n) is 11.1. The lowest BCUT2D eigenvalue weighted by molar-refractivity contribution is -0.384. The van der Waals surface area contributed by atoms with E-state index < -0.39 is 28.8 Å². The predicted molar refractivity (Wildman–Crippen MR) is 123 cm³/mol. The number of ether oxygens (including phenoxy) is 1. The van der Waals surface area contributed by atoms with Crippen LogP contribution in [0.25, 0.3) is 6.08 Å². The number of Topliss-reactive ketones (excluding diaryl/α,β-unsaturated/α-hetero) is 1. The van der Waals surface area contributed by atoms with E-state index in [0.717, 1.165) is 11.3 Å². The Morgan fingerprint density at radius 3 is 2.47 bits per heavy atom. The van der Waals surface area contributed by atoms with E-state index in [9.17, 15) is 24.5 Å². The highest BCUT2D eigenvalue weighted by Crippen LogP contribution is 2.49. The monoisotopic (exact) mass is 461 g/mol. The van der Waals surface area contributed by atoms with Gasteiger partial charge in [-0.2, -0.15) is 0 Å². The molecule has 174 valence electrons. The zero-order valence-electron chi connectivity index (χ0n) is 18.5. The van der Waals surface area contributed by atoms with Crippen LogP contribution in [0.15, 0.2) is 54.6 Å². The molecule has 0 saturated carbocycles. The summed E-state index contributed by atoms with van der Waals surface area (Å²) >= 11 is 0. The highest BCUT2D eigenvalue weighted by molar-refractivity contribution is 6.14. The molecule has 0 N–H and O–H groups in total. The number of likely N-dealkylation sites (tertiary alicyclic amines) is 1. The Hall–Kier alpha value is -3.85. The number of carbonyl (C=O) groups excluding carboxylic acids is 3. The fourth-order valence-electron chi connectivity index (χ4n) is 5.38. The van der Waals surface area contributed by atoms with Crippen LogP contribution in [0.3, 0.4) is 0 Å². The number of anilines is 1. The lowest BCUT2D eigenvalue weighted by Crippen LogP contribution is -2.48. The lowest BCUT2D eigenvalue weighted by atomic mass is 9.86. The van der Waals surface area contributed by atoms with Crippen LogP contribution in [0.5, 0.6) is 0 Å². The van der Waals surface area contributed by atoms with Gasteiger partial charge in [0, 0.05) is 43.6 Å². The summed E-state index contributed by atoms with van der Waals surface area (Å²) in [5, 5.41) is 11.0. The number of para-hydroxylation sites is 1. The predicted octanol–water partition coefficient (Wildman–Crippen LogP) is 2.70. The molecule has 2 amide bonds. The van der Waals surface area contributed by atoms with E-state index in [1.165, 1.54) is 29.2 Å². The average molecular weight is 461 g/mol. The van der Waals surface area contributed by atoms with Crippen LogP contribution in [0, 0.1) is 22.0 Å². The van der Waals surface area contributed by atoms with Crippen molar-refractivity contribution in [1.29, 1.82) is 0 Å². The van der Waals surface area contributed by atoms with Gasteiger partial charge in [-0.3, -0.25) is 29.4 Å². The summed E-state index contributed by atoms with van der Waals surface area (Å²) < 4.78 is 5.06. The first-order valence-corrected chi connectivity index (χ1v) is 11.1. The molecule has 0 aliphatic carbocycles. The van der Waals surface area contributed by atoms with Crippen LogP contribution in [0.1, 0.15) is 22.3 Å². The topological polar surface area (TPSA) is 110 Å². The molecule has 0 aromatic heterocycles. The summed E-state index contributed by atoms with van der Waals surface area (Å²) in [4.78, 5) is 54.4. The quantitative estimate of drug-likeness (QED) is 0.205. The van der Waals surface area contributed by atoms with Gasteiger partial charge in [0.2, 0.25) is 11.8 Å². The molecule has 3 heterocycles. The Morgan fingerprint density at radius 1 is 1.06 bits per heavy atom. The van der Waals surface area contributed by atoms with E-state index in [-0.39, 0.29) is 35.4 Å². The first-order chi connectivity index (χ1) is 16.4. The molecule has 3 aliphatic heterocycles. The standard InChI is InChI=1S/C25H23N3O6/c1-34-14-4-13-26-24(30)20-19-12-9-15-5-2-3-6-18(15)27(19)22(21(20)25(26)31)23(29)16-7-10-17(11-8-16)28(32)33/h2-3,5-12,19-22H,4,13-14H2,1H3/t19-,20+,21-,22-/m1/s1. The van der Waals surface area contributed by atoms with Crippen molar-refractivity contribution < 1.29 is 24.0 Å². The summed E-state index contributed by atoms with van der Waals surface area (Å²) in [5.41, 5.74) is 1.83. The largest absolute Gasteiger partial charge is 0.385 e. The number of rotatable bonds is 7. The summed E-state index contributed by atoms with van der Waals surface area (Å²) in [6.07, 6.45) is 4.34. The summed E-state index contributed by atoms with van der Waals surface area (Å²) in [6, 6.07) is 11.6. The molecular weight excluding hydrogens is 438 g/mol. The molecular formula is C25H23N3O6. The number of hydrogen-bond acceptors (Lipinski definition) is 7. The minimum Gasteiger partial charge on any atom is -0.385 e. The van der Waals surface area contributed by atoms with Gasteiger partial charge >= 0.3 is 0 Å². The van der Waals surface area contributed by atoms with Crippen LogP contribution in [0.4, 0.5) is 11.4 Å². The van der Waals surface area contributed by atoms with Crippen LogP contribution >= 0.6 is 0 Å². The van der Waals surface area contributed by atoms with E-state index in [4.69, 9.17) is 4.74 Å². The van der Waals surface area contributed by atoms with Crippen molar-refractivity contribution in [3.8, 4) is 0 Å². The number of imide groups is 1. The summed E-state index contributed by atoms with van der Waals surface area (Å²) in [6.45, 7) is 0.657. The van der Waals surface area contributed by atoms with E-state index in [1.54, 1.807) is 7.11 Å². The number of hydrogen-bond donors (Lipinski definition) is 0. The minimum absolute atomic E-state index is 0.124. The third kappa shape index (κ3) is 3.31. The fourth-order valence-corrected chi connectivity index (χ4v) is 5.38. The maximum atomic E-state index is 13.8. The molecule has 0 radical (unpaired) electrons. The van der Waals surface area contributed by atoms with Gasteiger partial charge in [0.15, 0.2) is 5.78 Å². The number of fused-ring (bicyclic) bond motifs is 5. The maximum absolute atomic E-state index is 13.8. The van der Waals surface area contributed by atoms with Gasteiger partial charge in [-0.05, 0) is 30.2 Å². The van der Waals surface area contributed by atoms with Crippen molar-refractivity contribution in [3.05, 3.63) is 75.8 Å². The Labute approximate surface area is 195 Å². The van der Waals surface area contributed by atoms with E-state index in [0.29, 0.717) is 13.0 Å². The van der Waals surface area contributed by atoms with Crippen LogP contribution in [-0.2, 0) is 14.3 Å². The van der Waals surface area contributed by atoms with Crippen LogP contribution in [-0.4, -0.2) is 59.8 Å². The van der Waals surface area contributed by atoms with Gasteiger partial charge in [0.1, 0.15) is 6.04 Å². The van der Waals surface area contributed by atoms with Gasteiger partial charge in [-0.1, -0.05) is 30.4 Å². The molecule has 0 bridgehead atoms. The SMILES string of the molecule is COCCCN1C(=O)[C@@H]2[C@@H](C1=O)[C@H](C(=O)c1ccc([N+](=O)[O-])cc1)N1c3ccccc3C=C[C@H]21. The smallest absolute Gasteiger partial charge is 0.269 e. The van der Waals surface area contributed by atoms with Crippen molar-refractivity contribution in [2.24, 2.45) is 11.8 Å². The molecule has 2 aromatic rings. The number of ketones is 1. The van der Waals surface area contributed by atoms with Gasteiger partial charge in [0.05, 0.1) is 22.8 Å². The Kier molecular flexibility index (Phi) is 5.49. The summed E-state index contributed by atoms with van der Waals surface area (Å²) in [5.74, 6) is -2.47. The molecule has 2 aromatic carbocycles. The van der Waals surface area contributed by atoms with Gasteiger partial charge in [0.25, 0.3) is 5.69 Å². The molecule has 0 spiro atoms. The highest BCUT2D eigenvalue weighted by atomic mass is 16.6. The second kappa shape index (κ2) is 8.49. The van der Waals surface area contributed by atoms with Crippen LogP contribution in [0.2, 0.25) is 0 Å².